The van der Waals surface area contributed by atoms with E-state index in [1.165, 1.54) is 18.2 Å². The third-order valence-electron chi connectivity index (χ3n) is 3.54. The Kier molecular flexibility index (Phi) is 4.19. The molecule has 7 nitrogen and oxygen atoms in total. The lowest BCUT2D eigenvalue weighted by atomic mass is 10.1. The summed E-state index contributed by atoms with van der Waals surface area (Å²) in [6.07, 6.45) is 1.96. The molecule has 0 aliphatic heterocycles. The molecule has 0 spiro atoms. The number of nitro groups is 1. The lowest BCUT2D eigenvalue weighted by Crippen LogP contribution is -2.14. The third-order valence-corrected chi connectivity index (χ3v) is 3.54. The van der Waals surface area contributed by atoms with Gasteiger partial charge in [-0.05, 0) is 37.3 Å². The van der Waals surface area contributed by atoms with Gasteiger partial charge in [-0.1, -0.05) is 6.07 Å². The van der Waals surface area contributed by atoms with E-state index in [1.54, 1.807) is 0 Å². The largest absolute Gasteiger partial charge is 0.477 e. The summed E-state index contributed by atoms with van der Waals surface area (Å²) >= 11 is 0. The minimum Gasteiger partial charge on any atom is -0.477 e. The molecule has 1 aromatic rings. The zero-order valence-electron chi connectivity index (χ0n) is 10.8. The van der Waals surface area contributed by atoms with Gasteiger partial charge in [0.25, 0.3) is 0 Å². The lowest BCUT2D eigenvalue weighted by molar-refractivity contribution is -0.384. The van der Waals surface area contributed by atoms with Crippen molar-refractivity contribution < 1.29 is 19.9 Å². The van der Waals surface area contributed by atoms with Crippen LogP contribution in [0.3, 0.4) is 0 Å². The molecule has 20 heavy (non-hydrogen) atoms. The molecule has 108 valence electrons. The number of hydrogen-bond acceptors (Lipinski definition) is 5. The highest BCUT2D eigenvalue weighted by Crippen LogP contribution is 2.31. The van der Waals surface area contributed by atoms with Crippen molar-refractivity contribution in [3.63, 3.8) is 0 Å². The first-order valence-corrected chi connectivity index (χ1v) is 6.41. The topological polar surface area (TPSA) is 113 Å². The van der Waals surface area contributed by atoms with E-state index >= 15 is 0 Å². The molecule has 7 heteroatoms. The summed E-state index contributed by atoms with van der Waals surface area (Å²) in [5.74, 6) is -1.07. The van der Waals surface area contributed by atoms with Crippen molar-refractivity contribution >= 4 is 17.3 Å². The Morgan fingerprint density at radius 1 is 1.45 bits per heavy atom. The van der Waals surface area contributed by atoms with E-state index in [-0.39, 0.29) is 23.3 Å². The summed E-state index contributed by atoms with van der Waals surface area (Å²) in [6, 6.07) is 4.18. The number of carbonyl (C=O) groups is 1. The normalized spacial score (nSPS) is 21.6. The molecule has 1 aromatic carbocycles. The number of aliphatic hydroxyl groups excluding tert-OH is 1. The highest BCUT2D eigenvalue weighted by Gasteiger charge is 2.26. The summed E-state index contributed by atoms with van der Waals surface area (Å²) in [4.78, 5) is 21.4. The zero-order valence-corrected chi connectivity index (χ0v) is 10.8. The van der Waals surface area contributed by atoms with Crippen LogP contribution in [0.25, 0.3) is 0 Å². The quantitative estimate of drug-likeness (QED) is 0.560. The standard InChI is InChI=1S/C13H16N2O5/c16-9-5-4-8(6-9)7-14-11-3-1-2-10(13(17)18)12(11)15(19)20/h1-3,8-9,14,16H,4-7H2,(H,17,18). The van der Waals surface area contributed by atoms with Crippen molar-refractivity contribution in [2.24, 2.45) is 5.92 Å². The summed E-state index contributed by atoms with van der Waals surface area (Å²) in [7, 11) is 0. The van der Waals surface area contributed by atoms with Crippen LogP contribution in [-0.2, 0) is 0 Å². The van der Waals surface area contributed by atoms with Gasteiger partial charge in [0.2, 0.25) is 0 Å². The second kappa shape index (κ2) is 5.87. The van der Waals surface area contributed by atoms with Gasteiger partial charge in [0.05, 0.1) is 11.0 Å². The average molecular weight is 280 g/mol. The fraction of sp³-hybridized carbons (Fsp3) is 0.462. The fourth-order valence-corrected chi connectivity index (χ4v) is 2.54. The lowest BCUT2D eigenvalue weighted by Gasteiger charge is -2.12. The monoisotopic (exact) mass is 280 g/mol. The van der Waals surface area contributed by atoms with Crippen LogP contribution in [-0.4, -0.2) is 33.8 Å². The van der Waals surface area contributed by atoms with Crippen molar-refractivity contribution in [2.45, 2.75) is 25.4 Å². The number of rotatable bonds is 5. The maximum Gasteiger partial charge on any atom is 0.342 e. The molecule has 0 aromatic heterocycles. The van der Waals surface area contributed by atoms with Crippen molar-refractivity contribution in [1.29, 1.82) is 0 Å². The molecule has 1 saturated carbocycles. The van der Waals surface area contributed by atoms with Crippen molar-refractivity contribution in [1.82, 2.24) is 0 Å². The first-order valence-electron chi connectivity index (χ1n) is 6.41. The minimum absolute atomic E-state index is 0.205. The molecule has 0 saturated heterocycles. The number of aromatic carboxylic acids is 1. The van der Waals surface area contributed by atoms with Gasteiger partial charge in [-0.2, -0.15) is 0 Å². The second-order valence-electron chi connectivity index (χ2n) is 4.98. The van der Waals surface area contributed by atoms with Gasteiger partial charge in [-0.3, -0.25) is 10.1 Å². The van der Waals surface area contributed by atoms with E-state index in [9.17, 15) is 20.0 Å². The van der Waals surface area contributed by atoms with E-state index in [0.29, 0.717) is 13.0 Å². The molecule has 0 bridgehead atoms. The first kappa shape index (κ1) is 14.3. The molecule has 3 N–H and O–H groups in total. The Hall–Kier alpha value is -2.15. The number of aliphatic hydroxyl groups is 1. The summed E-state index contributed by atoms with van der Waals surface area (Å²) in [5, 5.41) is 32.4. The van der Waals surface area contributed by atoms with E-state index in [4.69, 9.17) is 5.11 Å². The number of nitro benzene ring substituents is 1. The smallest absolute Gasteiger partial charge is 0.342 e. The SMILES string of the molecule is O=C(O)c1cccc(NCC2CCC(O)C2)c1[N+](=O)[O-]. The maximum absolute atomic E-state index is 11.1. The number of carboxylic acids is 1. The maximum atomic E-state index is 11.1. The Labute approximate surface area is 115 Å². The predicted octanol–water partition coefficient (Wildman–Crippen LogP) is 1.87. The number of nitrogens with one attached hydrogen (secondary N) is 1. The number of para-hydroxylation sites is 1. The van der Waals surface area contributed by atoms with Gasteiger partial charge in [0.15, 0.2) is 0 Å². The zero-order chi connectivity index (χ0) is 14.7. The molecule has 0 heterocycles. The van der Waals surface area contributed by atoms with Crippen LogP contribution in [0.4, 0.5) is 11.4 Å². The highest BCUT2D eigenvalue weighted by atomic mass is 16.6. The van der Waals surface area contributed by atoms with Crippen LogP contribution in [0.5, 0.6) is 0 Å². The Bertz CT molecular complexity index is 531. The predicted molar refractivity (Wildman–Crippen MR) is 71.9 cm³/mol. The van der Waals surface area contributed by atoms with Crippen LogP contribution in [0.2, 0.25) is 0 Å². The van der Waals surface area contributed by atoms with Gasteiger partial charge in [0.1, 0.15) is 11.3 Å². The van der Waals surface area contributed by atoms with Crippen LogP contribution in [0.15, 0.2) is 18.2 Å². The Balaban J connectivity index is 2.16. The van der Waals surface area contributed by atoms with Crippen LogP contribution in [0.1, 0.15) is 29.6 Å². The third kappa shape index (κ3) is 3.05. The van der Waals surface area contributed by atoms with Gasteiger partial charge >= 0.3 is 11.7 Å². The molecule has 0 amide bonds. The second-order valence-corrected chi connectivity index (χ2v) is 4.98. The van der Waals surface area contributed by atoms with Gasteiger partial charge < -0.3 is 15.5 Å². The van der Waals surface area contributed by atoms with E-state index in [0.717, 1.165) is 12.8 Å². The first-order chi connectivity index (χ1) is 9.49. The molecule has 1 fully saturated rings. The summed E-state index contributed by atoms with van der Waals surface area (Å²) in [5.41, 5.74) is -0.540. The molecule has 0 radical (unpaired) electrons. The number of anilines is 1. The number of hydrogen-bond donors (Lipinski definition) is 3. The van der Waals surface area contributed by atoms with Crippen LogP contribution in [0, 0.1) is 16.0 Å². The van der Waals surface area contributed by atoms with Crippen molar-refractivity contribution in [3.8, 4) is 0 Å². The molecule has 2 atom stereocenters. The van der Waals surface area contributed by atoms with Gasteiger partial charge in [-0.15, -0.1) is 0 Å². The molecule has 2 unspecified atom stereocenters. The number of nitrogens with zero attached hydrogens (tertiary/aromatic N) is 1. The highest BCUT2D eigenvalue weighted by molar-refractivity contribution is 5.95. The Morgan fingerprint density at radius 3 is 2.75 bits per heavy atom. The van der Waals surface area contributed by atoms with Crippen LogP contribution < -0.4 is 5.32 Å². The van der Waals surface area contributed by atoms with Crippen molar-refractivity contribution in [2.75, 3.05) is 11.9 Å². The average Bonchev–Trinajstić information content (AvgIpc) is 2.81. The van der Waals surface area contributed by atoms with E-state index in [1.807, 2.05) is 0 Å². The summed E-state index contributed by atoms with van der Waals surface area (Å²) in [6.45, 7) is 0.487. The molecular formula is C13H16N2O5. The van der Waals surface area contributed by atoms with Crippen LogP contribution >= 0.6 is 0 Å². The summed E-state index contributed by atoms with van der Waals surface area (Å²) < 4.78 is 0. The molecular weight excluding hydrogens is 264 g/mol. The number of benzene rings is 1. The fourth-order valence-electron chi connectivity index (χ4n) is 2.54. The van der Waals surface area contributed by atoms with E-state index in [2.05, 4.69) is 5.32 Å². The molecule has 1 aliphatic rings. The van der Waals surface area contributed by atoms with E-state index < -0.39 is 16.6 Å². The number of carboxylic acid groups (broad SMARTS) is 1. The van der Waals surface area contributed by atoms with Gasteiger partial charge in [-0.25, -0.2) is 4.79 Å². The van der Waals surface area contributed by atoms with Gasteiger partial charge in [0, 0.05) is 6.54 Å². The molecule has 1 aliphatic carbocycles. The molecule has 2 rings (SSSR count). The van der Waals surface area contributed by atoms with Crippen molar-refractivity contribution in [3.05, 3.63) is 33.9 Å². The minimum atomic E-state index is -1.32. The Morgan fingerprint density at radius 2 is 2.20 bits per heavy atom.